The molecule has 0 fully saturated rings. The Balaban J connectivity index is 1.93. The van der Waals surface area contributed by atoms with Gasteiger partial charge >= 0.3 is 0 Å². The van der Waals surface area contributed by atoms with E-state index in [9.17, 15) is 9.18 Å². The maximum Gasteiger partial charge on any atom is 0.262 e. The molecule has 0 heterocycles. The number of halogens is 2. The molecule has 3 nitrogen and oxygen atoms in total. The fraction of sp³-hybridized carbons (Fsp3) is 0.133. The Kier molecular flexibility index (Phi) is 4.74. The van der Waals surface area contributed by atoms with Crippen LogP contribution in [0.5, 0.6) is 5.75 Å². The van der Waals surface area contributed by atoms with Crippen molar-refractivity contribution in [2.45, 2.75) is 6.92 Å². The molecule has 0 aromatic heterocycles. The molecule has 1 N–H and O–H groups in total. The molecule has 0 saturated carbocycles. The van der Waals surface area contributed by atoms with Crippen molar-refractivity contribution in [3.05, 3.63) is 58.3 Å². The van der Waals surface area contributed by atoms with Gasteiger partial charge in [-0.1, -0.05) is 18.2 Å². The van der Waals surface area contributed by atoms with Crippen molar-refractivity contribution in [2.75, 3.05) is 11.9 Å². The molecule has 0 atom stereocenters. The number of aryl methyl sites for hydroxylation is 1. The standard InChI is InChI=1S/C15H13BrFNO2/c1-10-6-7-11(8-13(10)17)18-15(19)9-20-14-5-3-2-4-12(14)16/h2-8H,9H2,1H3,(H,18,19). The van der Waals surface area contributed by atoms with E-state index in [2.05, 4.69) is 21.2 Å². The van der Waals surface area contributed by atoms with E-state index in [-0.39, 0.29) is 18.3 Å². The smallest absolute Gasteiger partial charge is 0.262 e. The zero-order valence-corrected chi connectivity index (χ0v) is 12.4. The van der Waals surface area contributed by atoms with Crippen LogP contribution < -0.4 is 10.1 Å². The van der Waals surface area contributed by atoms with Gasteiger partial charge in [-0.05, 0) is 52.7 Å². The molecule has 20 heavy (non-hydrogen) atoms. The lowest BCUT2D eigenvalue weighted by molar-refractivity contribution is -0.118. The zero-order valence-electron chi connectivity index (χ0n) is 10.8. The Labute approximate surface area is 124 Å². The number of ether oxygens (including phenoxy) is 1. The summed E-state index contributed by atoms with van der Waals surface area (Å²) in [5.74, 6) is -0.115. The van der Waals surface area contributed by atoms with Gasteiger partial charge < -0.3 is 10.1 Å². The van der Waals surface area contributed by atoms with Gasteiger partial charge in [0.05, 0.1) is 4.47 Å². The minimum atomic E-state index is -0.352. The highest BCUT2D eigenvalue weighted by molar-refractivity contribution is 9.10. The normalized spacial score (nSPS) is 10.2. The fourth-order valence-electron chi connectivity index (χ4n) is 1.57. The molecular weight excluding hydrogens is 325 g/mol. The summed E-state index contributed by atoms with van der Waals surface area (Å²) in [6, 6.07) is 11.8. The van der Waals surface area contributed by atoms with Crippen LogP contribution in [0.1, 0.15) is 5.56 Å². The average molecular weight is 338 g/mol. The molecule has 104 valence electrons. The summed E-state index contributed by atoms with van der Waals surface area (Å²) >= 11 is 3.32. The summed E-state index contributed by atoms with van der Waals surface area (Å²) < 4.78 is 19.5. The third-order valence-corrected chi connectivity index (χ3v) is 3.31. The van der Waals surface area contributed by atoms with Crippen LogP contribution in [0.2, 0.25) is 0 Å². The minimum Gasteiger partial charge on any atom is -0.483 e. The SMILES string of the molecule is Cc1ccc(NC(=O)COc2ccccc2Br)cc1F. The van der Waals surface area contributed by atoms with Crippen molar-refractivity contribution in [3.8, 4) is 5.75 Å². The first-order valence-electron chi connectivity index (χ1n) is 5.99. The van der Waals surface area contributed by atoms with Gasteiger partial charge in [0.25, 0.3) is 5.91 Å². The molecule has 1 amide bonds. The Bertz CT molecular complexity index is 631. The van der Waals surface area contributed by atoms with Crippen molar-refractivity contribution in [3.63, 3.8) is 0 Å². The Hall–Kier alpha value is -1.88. The molecular formula is C15H13BrFNO2. The first kappa shape index (κ1) is 14.5. The number of amides is 1. The average Bonchev–Trinajstić information content (AvgIpc) is 2.42. The van der Waals surface area contributed by atoms with Crippen LogP contribution in [0.4, 0.5) is 10.1 Å². The minimum absolute atomic E-state index is 0.141. The molecule has 0 aliphatic rings. The van der Waals surface area contributed by atoms with Gasteiger partial charge in [-0.25, -0.2) is 4.39 Å². The molecule has 0 saturated heterocycles. The molecule has 0 aliphatic heterocycles. The monoisotopic (exact) mass is 337 g/mol. The number of nitrogens with one attached hydrogen (secondary N) is 1. The van der Waals surface area contributed by atoms with Gasteiger partial charge in [0.15, 0.2) is 6.61 Å². The quantitative estimate of drug-likeness (QED) is 0.918. The molecule has 0 unspecified atom stereocenters. The number of carbonyl (C=O) groups excluding carboxylic acids is 1. The largest absolute Gasteiger partial charge is 0.483 e. The summed E-state index contributed by atoms with van der Waals surface area (Å²) in [6.45, 7) is 1.52. The van der Waals surface area contributed by atoms with E-state index in [0.717, 1.165) is 4.47 Å². The van der Waals surface area contributed by atoms with Crippen LogP contribution in [0.3, 0.4) is 0 Å². The van der Waals surface area contributed by atoms with Crippen molar-refractivity contribution in [1.82, 2.24) is 0 Å². The molecule has 2 aromatic rings. The van der Waals surface area contributed by atoms with Gasteiger partial charge in [0, 0.05) is 5.69 Å². The van der Waals surface area contributed by atoms with Crippen molar-refractivity contribution < 1.29 is 13.9 Å². The maximum absolute atomic E-state index is 13.3. The van der Waals surface area contributed by atoms with Crippen molar-refractivity contribution in [1.29, 1.82) is 0 Å². The van der Waals surface area contributed by atoms with Crippen molar-refractivity contribution in [2.24, 2.45) is 0 Å². The van der Waals surface area contributed by atoms with Crippen LogP contribution in [-0.2, 0) is 4.79 Å². The van der Waals surface area contributed by atoms with Crippen LogP contribution in [-0.4, -0.2) is 12.5 Å². The molecule has 5 heteroatoms. The summed E-state index contributed by atoms with van der Waals surface area (Å²) in [5.41, 5.74) is 0.946. The van der Waals surface area contributed by atoms with Crippen molar-refractivity contribution >= 4 is 27.5 Å². The first-order valence-corrected chi connectivity index (χ1v) is 6.79. The molecule has 2 aromatic carbocycles. The van der Waals surface area contributed by atoms with E-state index in [1.807, 2.05) is 18.2 Å². The van der Waals surface area contributed by atoms with Crippen LogP contribution in [0, 0.1) is 12.7 Å². The topological polar surface area (TPSA) is 38.3 Å². The van der Waals surface area contributed by atoms with Crippen LogP contribution >= 0.6 is 15.9 Å². The number of benzene rings is 2. The van der Waals surface area contributed by atoms with Gasteiger partial charge in [-0.15, -0.1) is 0 Å². The predicted molar refractivity (Wildman–Crippen MR) is 79.4 cm³/mol. The first-order chi connectivity index (χ1) is 9.56. The van der Waals surface area contributed by atoms with Gasteiger partial charge in [0.1, 0.15) is 11.6 Å². The Morgan fingerprint density at radius 2 is 2.05 bits per heavy atom. The van der Waals surface area contributed by atoms with E-state index in [1.165, 1.54) is 6.07 Å². The van der Waals surface area contributed by atoms with Gasteiger partial charge in [-0.2, -0.15) is 0 Å². The third-order valence-electron chi connectivity index (χ3n) is 2.65. The van der Waals surface area contributed by atoms with E-state index >= 15 is 0 Å². The number of hydrogen-bond acceptors (Lipinski definition) is 2. The Morgan fingerprint density at radius 3 is 2.75 bits per heavy atom. The summed E-state index contributed by atoms with van der Waals surface area (Å²) in [4.78, 5) is 11.7. The number of hydrogen-bond donors (Lipinski definition) is 1. The summed E-state index contributed by atoms with van der Waals surface area (Å²) in [7, 11) is 0. The second-order valence-corrected chi connectivity index (χ2v) is 5.09. The highest BCUT2D eigenvalue weighted by atomic mass is 79.9. The van der Waals surface area contributed by atoms with Gasteiger partial charge in [0.2, 0.25) is 0 Å². The maximum atomic E-state index is 13.3. The highest BCUT2D eigenvalue weighted by Crippen LogP contribution is 2.23. The highest BCUT2D eigenvalue weighted by Gasteiger charge is 2.07. The van der Waals surface area contributed by atoms with E-state index in [4.69, 9.17) is 4.74 Å². The predicted octanol–water partition coefficient (Wildman–Crippen LogP) is 3.91. The number of carbonyl (C=O) groups is 1. The third kappa shape index (κ3) is 3.81. The van der Waals surface area contributed by atoms with E-state index in [0.29, 0.717) is 17.0 Å². The summed E-state index contributed by atoms with van der Waals surface area (Å²) in [6.07, 6.45) is 0. The number of para-hydroxylation sites is 1. The lowest BCUT2D eigenvalue weighted by Crippen LogP contribution is -2.20. The Morgan fingerprint density at radius 1 is 1.30 bits per heavy atom. The van der Waals surface area contributed by atoms with Gasteiger partial charge in [-0.3, -0.25) is 4.79 Å². The summed E-state index contributed by atoms with van der Waals surface area (Å²) in [5, 5.41) is 2.58. The molecule has 0 bridgehead atoms. The fourth-order valence-corrected chi connectivity index (χ4v) is 1.97. The molecule has 0 aliphatic carbocycles. The van der Waals surface area contributed by atoms with E-state index in [1.54, 1.807) is 25.1 Å². The lowest BCUT2D eigenvalue weighted by Gasteiger charge is -2.09. The van der Waals surface area contributed by atoms with E-state index < -0.39 is 0 Å². The lowest BCUT2D eigenvalue weighted by atomic mass is 10.2. The second kappa shape index (κ2) is 6.52. The zero-order chi connectivity index (χ0) is 14.5. The second-order valence-electron chi connectivity index (χ2n) is 4.23. The van der Waals surface area contributed by atoms with Crippen LogP contribution in [0.15, 0.2) is 46.9 Å². The number of rotatable bonds is 4. The molecule has 0 radical (unpaired) electrons. The van der Waals surface area contributed by atoms with Crippen LogP contribution in [0.25, 0.3) is 0 Å². The number of anilines is 1. The molecule has 2 rings (SSSR count). The molecule has 0 spiro atoms.